The minimum Gasteiger partial charge on any atom is -0.306 e. The van der Waals surface area contributed by atoms with Crippen molar-refractivity contribution in [3.05, 3.63) is 34.0 Å². The summed E-state index contributed by atoms with van der Waals surface area (Å²) in [5.74, 6) is 3.06. The first-order valence-electron chi connectivity index (χ1n) is 7.40. The maximum atomic E-state index is 4.83. The second-order valence-corrected chi connectivity index (χ2v) is 7.51. The van der Waals surface area contributed by atoms with Crippen LogP contribution in [0.25, 0.3) is 0 Å². The fourth-order valence-corrected chi connectivity index (χ4v) is 3.96. The minimum atomic E-state index is 0.521. The topological polar surface area (TPSA) is 34.0 Å². The normalized spacial score (nSPS) is 17.4. The maximum absolute atomic E-state index is 4.83. The van der Waals surface area contributed by atoms with Crippen LogP contribution >= 0.6 is 23.1 Å². The highest BCUT2D eigenvalue weighted by Crippen LogP contribution is 2.24. The van der Waals surface area contributed by atoms with Gasteiger partial charge in [-0.1, -0.05) is 6.07 Å². The Morgan fingerprint density at radius 2 is 2.19 bits per heavy atom. The molecule has 1 aliphatic heterocycles. The molecule has 0 bridgehead atoms. The Morgan fingerprint density at radius 3 is 2.86 bits per heavy atom. The number of thiophene rings is 1. The summed E-state index contributed by atoms with van der Waals surface area (Å²) in [4.78, 5) is 8.53. The van der Waals surface area contributed by atoms with Crippen molar-refractivity contribution >= 4 is 23.1 Å². The zero-order valence-electron chi connectivity index (χ0n) is 12.7. The third-order valence-corrected chi connectivity index (χ3v) is 5.39. The number of thioether (sulfide) groups is 1. The van der Waals surface area contributed by atoms with Crippen molar-refractivity contribution in [1.82, 2.24) is 19.7 Å². The SMILES string of the molecule is CSCc1nc(Cc2cccs2)nn1C1CCN(C)CC1. The van der Waals surface area contributed by atoms with Crippen LogP contribution in [0.3, 0.4) is 0 Å². The monoisotopic (exact) mass is 322 g/mol. The molecule has 1 fully saturated rings. The molecule has 0 aromatic carbocycles. The van der Waals surface area contributed by atoms with Crippen molar-refractivity contribution in [1.29, 1.82) is 0 Å². The van der Waals surface area contributed by atoms with E-state index in [1.54, 1.807) is 11.3 Å². The smallest absolute Gasteiger partial charge is 0.156 e. The first-order chi connectivity index (χ1) is 10.3. The lowest BCUT2D eigenvalue weighted by atomic mass is 10.1. The van der Waals surface area contributed by atoms with Crippen molar-refractivity contribution in [3.8, 4) is 0 Å². The van der Waals surface area contributed by atoms with E-state index >= 15 is 0 Å². The lowest BCUT2D eigenvalue weighted by molar-refractivity contribution is 0.210. The molecule has 1 saturated heterocycles. The zero-order valence-corrected chi connectivity index (χ0v) is 14.3. The van der Waals surface area contributed by atoms with Gasteiger partial charge in [0.25, 0.3) is 0 Å². The molecule has 3 rings (SSSR count). The first kappa shape index (κ1) is 15.1. The molecular formula is C15H22N4S2. The number of piperidine rings is 1. The third kappa shape index (κ3) is 3.67. The number of likely N-dealkylation sites (tertiary alicyclic amines) is 1. The molecule has 3 heterocycles. The molecule has 0 unspecified atom stereocenters. The van der Waals surface area contributed by atoms with E-state index in [1.165, 1.54) is 17.7 Å². The molecule has 0 atom stereocenters. The van der Waals surface area contributed by atoms with Crippen LogP contribution < -0.4 is 0 Å². The number of nitrogens with zero attached hydrogens (tertiary/aromatic N) is 4. The van der Waals surface area contributed by atoms with E-state index < -0.39 is 0 Å². The van der Waals surface area contributed by atoms with E-state index in [0.717, 1.165) is 36.9 Å². The molecule has 4 nitrogen and oxygen atoms in total. The van der Waals surface area contributed by atoms with Gasteiger partial charge in [-0.2, -0.15) is 16.9 Å². The standard InChI is InChI=1S/C15H22N4S2/c1-18-7-5-12(6-8-18)19-15(11-20-2)16-14(17-19)10-13-4-3-9-21-13/h3-4,9,12H,5-8,10-11H2,1-2H3. The van der Waals surface area contributed by atoms with Gasteiger partial charge in [0.05, 0.1) is 11.8 Å². The van der Waals surface area contributed by atoms with Gasteiger partial charge in [-0.15, -0.1) is 11.3 Å². The van der Waals surface area contributed by atoms with Gasteiger partial charge in [0.15, 0.2) is 5.82 Å². The molecule has 0 aliphatic carbocycles. The van der Waals surface area contributed by atoms with Crippen LogP contribution in [0.2, 0.25) is 0 Å². The summed E-state index contributed by atoms with van der Waals surface area (Å²) in [5.41, 5.74) is 0. The summed E-state index contributed by atoms with van der Waals surface area (Å²) in [6.45, 7) is 2.31. The van der Waals surface area contributed by atoms with Crippen LogP contribution in [0.5, 0.6) is 0 Å². The fraction of sp³-hybridized carbons (Fsp3) is 0.600. The van der Waals surface area contributed by atoms with Crippen LogP contribution in [0.15, 0.2) is 17.5 Å². The second-order valence-electron chi connectivity index (χ2n) is 5.61. The highest BCUT2D eigenvalue weighted by molar-refractivity contribution is 7.97. The molecule has 2 aromatic heterocycles. The predicted octanol–water partition coefficient (Wildman–Crippen LogP) is 3.06. The molecule has 0 N–H and O–H groups in total. The predicted molar refractivity (Wildman–Crippen MR) is 90.1 cm³/mol. The molecule has 0 amide bonds. The second kappa shape index (κ2) is 6.94. The van der Waals surface area contributed by atoms with Gasteiger partial charge in [0.2, 0.25) is 0 Å². The molecule has 2 aromatic rings. The van der Waals surface area contributed by atoms with E-state index in [2.05, 4.69) is 40.4 Å². The summed E-state index contributed by atoms with van der Waals surface area (Å²) in [6, 6.07) is 4.78. The van der Waals surface area contributed by atoms with E-state index in [1.807, 2.05) is 11.8 Å². The van der Waals surface area contributed by atoms with Gasteiger partial charge < -0.3 is 4.90 Å². The first-order valence-corrected chi connectivity index (χ1v) is 9.68. The Morgan fingerprint density at radius 1 is 1.38 bits per heavy atom. The van der Waals surface area contributed by atoms with Crippen molar-refractivity contribution in [2.45, 2.75) is 31.1 Å². The van der Waals surface area contributed by atoms with Crippen LogP contribution in [-0.2, 0) is 12.2 Å². The molecule has 6 heteroatoms. The Kier molecular flexibility index (Phi) is 4.98. The Labute approximate surface area is 134 Å². The van der Waals surface area contributed by atoms with Crippen molar-refractivity contribution in [3.63, 3.8) is 0 Å². The Bertz CT molecular complexity index is 556. The highest BCUT2D eigenvalue weighted by Gasteiger charge is 2.22. The van der Waals surface area contributed by atoms with Crippen LogP contribution in [-0.4, -0.2) is 46.1 Å². The average molecular weight is 323 g/mol. The molecule has 21 heavy (non-hydrogen) atoms. The zero-order chi connectivity index (χ0) is 14.7. The molecular weight excluding hydrogens is 300 g/mol. The molecule has 0 spiro atoms. The lowest BCUT2D eigenvalue weighted by Gasteiger charge is -2.29. The van der Waals surface area contributed by atoms with Crippen molar-refractivity contribution in [2.75, 3.05) is 26.4 Å². The molecule has 0 saturated carbocycles. The Hall–Kier alpha value is -0.850. The summed E-state index contributed by atoms with van der Waals surface area (Å²) >= 11 is 3.60. The quantitative estimate of drug-likeness (QED) is 0.847. The van der Waals surface area contributed by atoms with Crippen molar-refractivity contribution in [2.24, 2.45) is 0 Å². The summed E-state index contributed by atoms with van der Waals surface area (Å²) in [6.07, 6.45) is 5.35. The number of hydrogen-bond acceptors (Lipinski definition) is 5. The Balaban J connectivity index is 1.79. The van der Waals surface area contributed by atoms with E-state index in [0.29, 0.717) is 6.04 Å². The molecule has 114 valence electrons. The number of rotatable bonds is 5. The van der Waals surface area contributed by atoms with Crippen LogP contribution in [0.4, 0.5) is 0 Å². The number of hydrogen-bond donors (Lipinski definition) is 0. The average Bonchev–Trinajstić information content (AvgIpc) is 3.11. The van der Waals surface area contributed by atoms with Gasteiger partial charge >= 0.3 is 0 Å². The summed E-state index contributed by atoms with van der Waals surface area (Å²) < 4.78 is 2.21. The minimum absolute atomic E-state index is 0.521. The highest BCUT2D eigenvalue weighted by atomic mass is 32.2. The maximum Gasteiger partial charge on any atom is 0.156 e. The van der Waals surface area contributed by atoms with Gasteiger partial charge in [-0.05, 0) is 50.7 Å². The number of aromatic nitrogens is 3. The van der Waals surface area contributed by atoms with E-state index in [4.69, 9.17) is 10.1 Å². The summed E-state index contributed by atoms with van der Waals surface area (Å²) in [5, 5.41) is 6.95. The molecule has 1 aliphatic rings. The van der Waals surface area contributed by atoms with Gasteiger partial charge in [0, 0.05) is 11.3 Å². The van der Waals surface area contributed by atoms with Gasteiger partial charge in [0.1, 0.15) is 5.82 Å². The van der Waals surface area contributed by atoms with E-state index in [9.17, 15) is 0 Å². The van der Waals surface area contributed by atoms with Crippen molar-refractivity contribution < 1.29 is 0 Å². The van der Waals surface area contributed by atoms with Crippen LogP contribution in [0.1, 0.15) is 35.4 Å². The fourth-order valence-electron chi connectivity index (χ4n) is 2.81. The third-order valence-electron chi connectivity index (χ3n) is 3.97. The largest absolute Gasteiger partial charge is 0.306 e. The van der Waals surface area contributed by atoms with Gasteiger partial charge in [-0.3, -0.25) is 0 Å². The lowest BCUT2D eigenvalue weighted by Crippen LogP contribution is -2.32. The van der Waals surface area contributed by atoms with Crippen LogP contribution in [0, 0.1) is 0 Å². The molecule has 0 radical (unpaired) electrons. The van der Waals surface area contributed by atoms with Gasteiger partial charge in [-0.25, -0.2) is 9.67 Å². The van der Waals surface area contributed by atoms with E-state index in [-0.39, 0.29) is 0 Å². The summed E-state index contributed by atoms with van der Waals surface area (Å²) in [7, 11) is 2.20.